The number of nitrogens with one attached hydrogen (secondary N) is 2. The molecule has 1 heterocycles. The lowest BCUT2D eigenvalue weighted by atomic mass is 10.1. The van der Waals surface area contributed by atoms with E-state index in [4.69, 9.17) is 4.74 Å². The van der Waals surface area contributed by atoms with Crippen LogP contribution in [0.5, 0.6) is 5.75 Å². The minimum atomic E-state index is -0.722. The number of phenols is 1. The zero-order valence-electron chi connectivity index (χ0n) is 19.7. The van der Waals surface area contributed by atoms with Gasteiger partial charge in [-0.2, -0.15) is 0 Å². The van der Waals surface area contributed by atoms with Crippen molar-refractivity contribution in [3.05, 3.63) is 111 Å². The van der Waals surface area contributed by atoms with Gasteiger partial charge in [0.05, 0.1) is 18.2 Å². The number of para-hydroxylation sites is 1. The van der Waals surface area contributed by atoms with Crippen LogP contribution in [0.2, 0.25) is 0 Å². The molecule has 0 aliphatic heterocycles. The first-order chi connectivity index (χ1) is 17.8. The molecule has 0 unspecified atom stereocenters. The van der Waals surface area contributed by atoms with Gasteiger partial charge in [-0.05, 0) is 75.6 Å². The van der Waals surface area contributed by atoms with Gasteiger partial charge in [-0.25, -0.2) is 4.79 Å². The van der Waals surface area contributed by atoms with Crippen LogP contribution in [0.1, 0.15) is 31.8 Å². The highest BCUT2D eigenvalue weighted by Gasteiger charge is 2.18. The lowest BCUT2D eigenvalue weighted by Crippen LogP contribution is -2.28. The van der Waals surface area contributed by atoms with Crippen molar-refractivity contribution in [3.63, 3.8) is 0 Å². The molecule has 0 fully saturated rings. The van der Waals surface area contributed by atoms with E-state index in [-0.39, 0.29) is 29.5 Å². The Hall–Kier alpha value is -4.50. The van der Waals surface area contributed by atoms with Crippen molar-refractivity contribution >= 4 is 50.7 Å². The van der Waals surface area contributed by atoms with Crippen LogP contribution in [0.3, 0.4) is 0 Å². The zero-order chi connectivity index (χ0) is 26.4. The van der Waals surface area contributed by atoms with E-state index in [2.05, 4.69) is 31.5 Å². The number of fused-ring (bicyclic) bond motifs is 1. The number of amides is 2. The molecule has 0 atom stereocenters. The molecule has 0 saturated heterocycles. The molecule has 0 radical (unpaired) electrons. The van der Waals surface area contributed by atoms with Crippen molar-refractivity contribution in [2.24, 2.45) is 0 Å². The minimum Gasteiger partial charge on any atom is -0.508 e. The Morgan fingerprint density at radius 1 is 1.00 bits per heavy atom. The maximum Gasteiger partial charge on any atom is 0.354 e. The Balaban J connectivity index is 1.50. The number of phenolic OH excluding ortho intramolecular Hbond substituents is 1. The van der Waals surface area contributed by atoms with E-state index in [0.717, 1.165) is 16.5 Å². The van der Waals surface area contributed by atoms with Gasteiger partial charge in [0.15, 0.2) is 0 Å². The van der Waals surface area contributed by atoms with Crippen molar-refractivity contribution in [1.29, 1.82) is 0 Å². The fourth-order valence-corrected chi connectivity index (χ4v) is 4.13. The van der Waals surface area contributed by atoms with Crippen molar-refractivity contribution in [1.82, 2.24) is 15.6 Å². The smallest absolute Gasteiger partial charge is 0.354 e. The Kier molecular flexibility index (Phi) is 7.95. The van der Waals surface area contributed by atoms with Crippen LogP contribution in [0.25, 0.3) is 17.0 Å². The molecule has 0 bridgehead atoms. The molecule has 8 nitrogen and oxygen atoms in total. The number of pyridine rings is 1. The Morgan fingerprint density at radius 2 is 1.81 bits per heavy atom. The van der Waals surface area contributed by atoms with E-state index in [0.29, 0.717) is 15.6 Å². The topological polar surface area (TPSA) is 118 Å². The number of aromatic nitrogens is 1. The number of nitrogens with zero attached hydrogens (tertiary/aromatic N) is 1. The highest BCUT2D eigenvalue weighted by atomic mass is 79.9. The SMILES string of the molecule is COC(=O)/C(=C/c1cnc2ccccc2c1)NC(=O)c1ccc(C(=O)NCc2cccc(O)c2)cc1Br. The predicted octanol–water partition coefficient (Wildman–Crippen LogP) is 4.58. The minimum absolute atomic E-state index is 0.0654. The summed E-state index contributed by atoms with van der Waals surface area (Å²) in [4.78, 5) is 42.3. The molecule has 0 aliphatic carbocycles. The van der Waals surface area contributed by atoms with Gasteiger partial charge in [-0.3, -0.25) is 14.6 Å². The Bertz CT molecular complexity index is 1530. The third-order valence-corrected chi connectivity index (χ3v) is 6.07. The highest BCUT2D eigenvalue weighted by molar-refractivity contribution is 9.10. The van der Waals surface area contributed by atoms with E-state index < -0.39 is 11.9 Å². The molecule has 0 aliphatic rings. The largest absolute Gasteiger partial charge is 0.508 e. The number of carbonyl (C=O) groups excluding carboxylic acids is 3. The average Bonchev–Trinajstić information content (AvgIpc) is 2.90. The van der Waals surface area contributed by atoms with Crippen LogP contribution in [0.4, 0.5) is 0 Å². The fraction of sp³-hybridized carbons (Fsp3) is 0.0714. The third kappa shape index (κ3) is 6.39. The number of esters is 1. The molecule has 4 rings (SSSR count). The predicted molar refractivity (Wildman–Crippen MR) is 143 cm³/mol. The van der Waals surface area contributed by atoms with Crippen molar-refractivity contribution in [3.8, 4) is 5.75 Å². The third-order valence-electron chi connectivity index (χ3n) is 5.42. The van der Waals surface area contributed by atoms with E-state index in [1.165, 1.54) is 31.4 Å². The van der Waals surface area contributed by atoms with Gasteiger partial charge in [0, 0.05) is 28.2 Å². The first-order valence-electron chi connectivity index (χ1n) is 11.2. The van der Waals surface area contributed by atoms with Gasteiger partial charge in [0.25, 0.3) is 11.8 Å². The number of rotatable bonds is 7. The summed E-state index contributed by atoms with van der Waals surface area (Å²) in [6.45, 7) is 0.226. The van der Waals surface area contributed by atoms with E-state index in [1.54, 1.807) is 30.5 Å². The number of hydrogen-bond donors (Lipinski definition) is 3. The van der Waals surface area contributed by atoms with E-state index in [9.17, 15) is 19.5 Å². The summed E-state index contributed by atoms with van der Waals surface area (Å²) in [5.74, 6) is -1.53. The number of carbonyl (C=O) groups is 3. The molecule has 1 aromatic heterocycles. The second kappa shape index (κ2) is 11.5. The number of hydrogen-bond acceptors (Lipinski definition) is 6. The number of aromatic hydroxyl groups is 1. The average molecular weight is 560 g/mol. The molecule has 4 aromatic rings. The van der Waals surface area contributed by atoms with Gasteiger partial charge < -0.3 is 20.5 Å². The number of methoxy groups -OCH3 is 1. The van der Waals surface area contributed by atoms with Crippen molar-refractivity contribution in [2.75, 3.05) is 7.11 Å². The van der Waals surface area contributed by atoms with E-state index >= 15 is 0 Å². The number of ether oxygens (including phenoxy) is 1. The summed E-state index contributed by atoms with van der Waals surface area (Å²) in [5.41, 5.74) is 2.64. The van der Waals surface area contributed by atoms with Gasteiger partial charge in [0.2, 0.25) is 0 Å². The molecule has 3 N–H and O–H groups in total. The maximum absolute atomic E-state index is 13.0. The van der Waals surface area contributed by atoms with Gasteiger partial charge in [0.1, 0.15) is 11.4 Å². The summed E-state index contributed by atoms with van der Waals surface area (Å²) in [7, 11) is 1.22. The summed E-state index contributed by atoms with van der Waals surface area (Å²) >= 11 is 3.34. The lowest BCUT2D eigenvalue weighted by molar-refractivity contribution is -0.136. The van der Waals surface area contributed by atoms with Crippen LogP contribution < -0.4 is 10.6 Å². The zero-order valence-corrected chi connectivity index (χ0v) is 21.3. The Labute approximate surface area is 221 Å². The summed E-state index contributed by atoms with van der Waals surface area (Å²) < 4.78 is 5.20. The van der Waals surface area contributed by atoms with Crippen LogP contribution in [0, 0.1) is 0 Å². The van der Waals surface area contributed by atoms with Gasteiger partial charge in [-0.1, -0.05) is 30.3 Å². The van der Waals surface area contributed by atoms with Crippen LogP contribution in [-0.2, 0) is 16.1 Å². The molecule has 3 aromatic carbocycles. The summed E-state index contributed by atoms with van der Waals surface area (Å²) in [5, 5.41) is 15.8. The van der Waals surface area contributed by atoms with Crippen LogP contribution in [-0.4, -0.2) is 35.0 Å². The molecule has 0 saturated carbocycles. The Morgan fingerprint density at radius 3 is 2.57 bits per heavy atom. The first-order valence-corrected chi connectivity index (χ1v) is 11.9. The summed E-state index contributed by atoms with van der Waals surface area (Å²) in [6, 6.07) is 20.5. The normalized spacial score (nSPS) is 11.1. The number of benzene rings is 3. The molecule has 186 valence electrons. The summed E-state index contributed by atoms with van der Waals surface area (Å²) in [6.07, 6.45) is 3.08. The molecule has 2 amide bonds. The van der Waals surface area contributed by atoms with Crippen LogP contribution in [0.15, 0.2) is 89.2 Å². The molecular formula is C28H22BrN3O5. The quantitative estimate of drug-likeness (QED) is 0.225. The van der Waals surface area contributed by atoms with Gasteiger partial charge >= 0.3 is 5.97 Å². The molecule has 0 spiro atoms. The monoisotopic (exact) mass is 559 g/mol. The second-order valence-corrected chi connectivity index (χ2v) is 8.87. The lowest BCUT2D eigenvalue weighted by Gasteiger charge is -2.11. The molecule has 37 heavy (non-hydrogen) atoms. The van der Waals surface area contributed by atoms with E-state index in [1.807, 2.05) is 30.3 Å². The fourth-order valence-electron chi connectivity index (χ4n) is 3.57. The highest BCUT2D eigenvalue weighted by Crippen LogP contribution is 2.20. The maximum atomic E-state index is 13.0. The van der Waals surface area contributed by atoms with Gasteiger partial charge in [-0.15, -0.1) is 0 Å². The molecular weight excluding hydrogens is 538 g/mol. The van der Waals surface area contributed by atoms with Crippen molar-refractivity contribution < 1.29 is 24.2 Å². The standard InChI is InChI=1S/C28H22BrN3O5/c1-37-28(36)25(13-18-11-19-6-2-3-8-24(19)30-16-18)32-27(35)22-10-9-20(14-23(22)29)26(34)31-15-17-5-4-7-21(33)12-17/h2-14,16,33H,15H2,1H3,(H,31,34)(H,32,35)/b25-13-. The molecule has 9 heteroatoms. The van der Waals surface area contributed by atoms with Crippen molar-refractivity contribution in [2.45, 2.75) is 6.54 Å². The second-order valence-electron chi connectivity index (χ2n) is 8.01. The van der Waals surface area contributed by atoms with Crippen LogP contribution >= 0.6 is 15.9 Å². The number of halogens is 1. The first kappa shape index (κ1) is 25.6.